The lowest BCUT2D eigenvalue weighted by Gasteiger charge is -2.10. The smallest absolute Gasteiger partial charge is 0.264 e. The lowest BCUT2D eigenvalue weighted by molar-refractivity contribution is 0.601. The van der Waals surface area contributed by atoms with E-state index in [1.165, 1.54) is 0 Å². The van der Waals surface area contributed by atoms with Crippen LogP contribution in [0, 0.1) is 13.8 Å². The van der Waals surface area contributed by atoms with E-state index in [1.807, 2.05) is 28.8 Å². The quantitative estimate of drug-likeness (QED) is 0.507. The predicted octanol–water partition coefficient (Wildman–Crippen LogP) is 3.31. The van der Waals surface area contributed by atoms with Gasteiger partial charge in [-0.1, -0.05) is 12.1 Å². The Hall–Kier alpha value is -3.46. The number of nitrogens with zero attached hydrogens (tertiary/aromatic N) is 4. The van der Waals surface area contributed by atoms with Crippen LogP contribution < -0.4 is 10.0 Å². The minimum atomic E-state index is -3.77. The zero-order valence-electron chi connectivity index (χ0n) is 16.0. The Bertz CT molecular complexity index is 1250. The van der Waals surface area contributed by atoms with Crippen molar-refractivity contribution in [2.45, 2.75) is 25.4 Å². The number of sulfonamides is 1. The zero-order chi connectivity index (χ0) is 20.4. The normalized spacial score (nSPS) is 11.5. The number of nitrogens with one attached hydrogen (secondary N) is 2. The summed E-state index contributed by atoms with van der Waals surface area (Å²) in [5, 5.41) is 3.27. The van der Waals surface area contributed by atoms with Crippen molar-refractivity contribution in [3.8, 4) is 0 Å². The van der Waals surface area contributed by atoms with Crippen LogP contribution in [0.4, 0.5) is 11.6 Å². The highest BCUT2D eigenvalue weighted by molar-refractivity contribution is 7.92. The van der Waals surface area contributed by atoms with E-state index < -0.39 is 10.0 Å². The summed E-state index contributed by atoms with van der Waals surface area (Å²) in [4.78, 5) is 12.7. The van der Waals surface area contributed by atoms with Gasteiger partial charge in [0.15, 0.2) is 0 Å². The lowest BCUT2D eigenvalue weighted by atomic mass is 10.3. The van der Waals surface area contributed by atoms with E-state index in [2.05, 4.69) is 25.0 Å². The van der Waals surface area contributed by atoms with Gasteiger partial charge in [-0.05, 0) is 56.3 Å². The molecule has 0 spiro atoms. The fraction of sp³-hybridized carbons (Fsp3) is 0.150. The molecule has 2 heterocycles. The van der Waals surface area contributed by atoms with Gasteiger partial charge >= 0.3 is 0 Å². The molecule has 0 unspecified atom stereocenters. The average molecular weight is 408 g/mol. The first-order valence-electron chi connectivity index (χ1n) is 9.00. The van der Waals surface area contributed by atoms with E-state index in [-0.39, 0.29) is 10.8 Å². The summed E-state index contributed by atoms with van der Waals surface area (Å²) >= 11 is 0. The number of anilines is 2. The SMILES string of the molecule is Cc1cc(C)nc(NS(=O)(=O)c2ccc(NCn3cnc4ccccc43)cc2)n1. The van der Waals surface area contributed by atoms with Crippen molar-refractivity contribution in [3.63, 3.8) is 0 Å². The first kappa shape index (κ1) is 18.9. The fourth-order valence-electron chi connectivity index (χ4n) is 3.02. The topological polar surface area (TPSA) is 102 Å². The Morgan fingerprint density at radius 1 is 0.966 bits per heavy atom. The first-order chi connectivity index (χ1) is 13.9. The Morgan fingerprint density at radius 3 is 2.38 bits per heavy atom. The molecule has 2 aromatic heterocycles. The van der Waals surface area contributed by atoms with Crippen LogP contribution in [0.3, 0.4) is 0 Å². The summed E-state index contributed by atoms with van der Waals surface area (Å²) < 4.78 is 29.6. The van der Waals surface area contributed by atoms with Crippen molar-refractivity contribution in [2.75, 3.05) is 10.0 Å². The molecule has 0 aliphatic rings. The molecule has 0 bridgehead atoms. The van der Waals surface area contributed by atoms with Crippen LogP contribution in [-0.2, 0) is 16.7 Å². The molecule has 0 aliphatic carbocycles. The number of aromatic nitrogens is 4. The Labute approximate surface area is 168 Å². The van der Waals surface area contributed by atoms with E-state index in [1.54, 1.807) is 50.5 Å². The van der Waals surface area contributed by atoms with Crippen LogP contribution in [0.25, 0.3) is 11.0 Å². The van der Waals surface area contributed by atoms with Gasteiger partial charge in [0.25, 0.3) is 10.0 Å². The van der Waals surface area contributed by atoms with E-state index in [0.29, 0.717) is 18.1 Å². The third kappa shape index (κ3) is 4.19. The maximum absolute atomic E-state index is 12.6. The highest BCUT2D eigenvalue weighted by Gasteiger charge is 2.16. The van der Waals surface area contributed by atoms with Gasteiger partial charge in [-0.3, -0.25) is 0 Å². The number of para-hydroxylation sites is 2. The van der Waals surface area contributed by atoms with Gasteiger partial charge in [0, 0.05) is 17.1 Å². The molecule has 4 rings (SSSR count). The number of hydrogen-bond donors (Lipinski definition) is 2. The molecular weight excluding hydrogens is 388 g/mol. The van der Waals surface area contributed by atoms with Crippen LogP contribution >= 0.6 is 0 Å². The summed E-state index contributed by atoms with van der Waals surface area (Å²) in [7, 11) is -3.77. The second-order valence-electron chi connectivity index (χ2n) is 6.64. The first-order valence-corrected chi connectivity index (χ1v) is 10.5. The Morgan fingerprint density at radius 2 is 1.66 bits per heavy atom. The molecule has 9 heteroatoms. The minimum absolute atomic E-state index is 0.0664. The minimum Gasteiger partial charge on any atom is -0.367 e. The van der Waals surface area contributed by atoms with Gasteiger partial charge in [0.1, 0.15) is 0 Å². The number of imidazole rings is 1. The maximum atomic E-state index is 12.6. The molecule has 148 valence electrons. The summed E-state index contributed by atoms with van der Waals surface area (Å²) in [6, 6.07) is 16.2. The third-order valence-electron chi connectivity index (χ3n) is 4.35. The second kappa shape index (κ2) is 7.51. The van der Waals surface area contributed by atoms with Crippen molar-refractivity contribution < 1.29 is 8.42 Å². The molecule has 0 saturated carbocycles. The van der Waals surface area contributed by atoms with Gasteiger partial charge in [-0.2, -0.15) is 0 Å². The lowest BCUT2D eigenvalue weighted by Crippen LogP contribution is -2.16. The number of aryl methyl sites for hydroxylation is 2. The standard InChI is InChI=1S/C20H20N6O2S/c1-14-11-15(2)24-20(23-14)25-29(27,28)17-9-7-16(8-10-17)21-12-26-13-22-18-5-3-4-6-19(18)26/h3-11,13,21H,12H2,1-2H3,(H,23,24,25). The van der Waals surface area contributed by atoms with Crippen LogP contribution in [0.2, 0.25) is 0 Å². The van der Waals surface area contributed by atoms with Gasteiger partial charge in [0.05, 0.1) is 28.9 Å². The summed E-state index contributed by atoms with van der Waals surface area (Å²) in [6.07, 6.45) is 1.77. The molecule has 8 nitrogen and oxygen atoms in total. The van der Waals surface area contributed by atoms with Crippen molar-refractivity contribution in [3.05, 3.63) is 72.3 Å². The molecule has 2 aromatic carbocycles. The Balaban J connectivity index is 1.46. The molecule has 2 N–H and O–H groups in total. The molecule has 4 aromatic rings. The molecule has 29 heavy (non-hydrogen) atoms. The van der Waals surface area contributed by atoms with Crippen LogP contribution in [0.15, 0.2) is 65.8 Å². The monoisotopic (exact) mass is 408 g/mol. The van der Waals surface area contributed by atoms with Gasteiger partial charge in [-0.15, -0.1) is 0 Å². The summed E-state index contributed by atoms with van der Waals surface area (Å²) in [5.41, 5.74) is 4.14. The molecule has 0 amide bonds. The van der Waals surface area contributed by atoms with E-state index in [9.17, 15) is 8.42 Å². The molecule has 0 aliphatic heterocycles. The molecule has 0 radical (unpaired) electrons. The van der Waals surface area contributed by atoms with Gasteiger partial charge in [-0.25, -0.2) is 28.1 Å². The van der Waals surface area contributed by atoms with Gasteiger partial charge in [0.2, 0.25) is 5.95 Å². The number of rotatable bonds is 6. The summed E-state index contributed by atoms with van der Waals surface area (Å²) in [6.45, 7) is 4.09. The van der Waals surface area contributed by atoms with E-state index >= 15 is 0 Å². The maximum Gasteiger partial charge on any atom is 0.264 e. The van der Waals surface area contributed by atoms with Crippen molar-refractivity contribution in [1.29, 1.82) is 0 Å². The van der Waals surface area contributed by atoms with Gasteiger partial charge < -0.3 is 9.88 Å². The largest absolute Gasteiger partial charge is 0.367 e. The average Bonchev–Trinajstić information content (AvgIpc) is 3.09. The zero-order valence-corrected chi connectivity index (χ0v) is 16.8. The highest BCUT2D eigenvalue weighted by Crippen LogP contribution is 2.18. The van der Waals surface area contributed by atoms with Crippen LogP contribution in [0.1, 0.15) is 11.4 Å². The van der Waals surface area contributed by atoms with Crippen molar-refractivity contribution in [2.24, 2.45) is 0 Å². The summed E-state index contributed by atoms with van der Waals surface area (Å²) in [5.74, 6) is 0.0664. The number of hydrogen-bond acceptors (Lipinski definition) is 6. The van der Waals surface area contributed by atoms with E-state index in [0.717, 1.165) is 16.7 Å². The predicted molar refractivity (Wildman–Crippen MR) is 112 cm³/mol. The fourth-order valence-corrected chi connectivity index (χ4v) is 3.96. The third-order valence-corrected chi connectivity index (χ3v) is 5.70. The number of fused-ring (bicyclic) bond motifs is 1. The Kier molecular flexibility index (Phi) is 4.89. The van der Waals surface area contributed by atoms with E-state index in [4.69, 9.17) is 0 Å². The molecular formula is C20H20N6O2S. The molecule has 0 saturated heterocycles. The molecule has 0 fully saturated rings. The highest BCUT2D eigenvalue weighted by atomic mass is 32.2. The van der Waals surface area contributed by atoms with Crippen LogP contribution in [-0.4, -0.2) is 27.9 Å². The van der Waals surface area contributed by atoms with Crippen molar-refractivity contribution >= 4 is 32.7 Å². The second-order valence-corrected chi connectivity index (χ2v) is 8.32. The molecule has 0 atom stereocenters. The van der Waals surface area contributed by atoms with Crippen LogP contribution in [0.5, 0.6) is 0 Å². The number of benzene rings is 2. The van der Waals surface area contributed by atoms with Crippen molar-refractivity contribution in [1.82, 2.24) is 19.5 Å².